The van der Waals surface area contributed by atoms with E-state index in [9.17, 15) is 4.79 Å². The minimum absolute atomic E-state index is 0.273. The highest BCUT2D eigenvalue weighted by atomic mass is 32.1. The maximum Gasteiger partial charge on any atom is 0.172 e. The van der Waals surface area contributed by atoms with Crippen LogP contribution >= 0.6 is 11.3 Å². The molecule has 0 aromatic carbocycles. The number of rotatable bonds is 6. The van der Waals surface area contributed by atoms with E-state index in [1.54, 1.807) is 0 Å². The van der Waals surface area contributed by atoms with Gasteiger partial charge in [0.25, 0.3) is 0 Å². The number of hydrogen-bond acceptors (Lipinski definition) is 4. The van der Waals surface area contributed by atoms with E-state index in [0.29, 0.717) is 18.9 Å². The molecule has 4 heteroatoms. The number of thiophene rings is 1. The maximum atomic E-state index is 11.8. The van der Waals surface area contributed by atoms with E-state index in [0.717, 1.165) is 43.8 Å². The van der Waals surface area contributed by atoms with Crippen molar-refractivity contribution in [3.63, 3.8) is 0 Å². The number of hydrogen-bond donors (Lipinski definition) is 1. The molecule has 1 saturated heterocycles. The minimum Gasteiger partial charge on any atom is -0.396 e. The largest absolute Gasteiger partial charge is 0.396 e. The second-order valence-electron chi connectivity index (χ2n) is 4.97. The molecule has 0 unspecified atom stereocenters. The van der Waals surface area contributed by atoms with Crippen LogP contribution in [0.15, 0.2) is 17.5 Å². The Hall–Kier alpha value is -0.710. The number of piperidine rings is 1. The molecule has 0 atom stereocenters. The molecule has 2 rings (SSSR count). The van der Waals surface area contributed by atoms with E-state index < -0.39 is 0 Å². The Bertz CT molecular complexity index is 356. The van der Waals surface area contributed by atoms with Crippen LogP contribution in [0.4, 0.5) is 0 Å². The first-order chi connectivity index (χ1) is 8.79. The number of carbonyl (C=O) groups is 1. The van der Waals surface area contributed by atoms with Gasteiger partial charge in [0.15, 0.2) is 5.78 Å². The summed E-state index contributed by atoms with van der Waals surface area (Å²) in [6.07, 6.45) is 3.78. The van der Waals surface area contributed by atoms with Crippen molar-refractivity contribution in [2.24, 2.45) is 5.92 Å². The first-order valence-corrected chi connectivity index (χ1v) is 7.57. The van der Waals surface area contributed by atoms with Crippen molar-refractivity contribution in [3.05, 3.63) is 22.4 Å². The van der Waals surface area contributed by atoms with E-state index >= 15 is 0 Å². The fourth-order valence-corrected chi connectivity index (χ4v) is 3.11. The molecular weight excluding hydrogens is 246 g/mol. The van der Waals surface area contributed by atoms with Gasteiger partial charge in [-0.05, 0) is 56.3 Å². The predicted molar refractivity (Wildman–Crippen MR) is 74.1 cm³/mol. The molecule has 0 spiro atoms. The van der Waals surface area contributed by atoms with Gasteiger partial charge in [-0.15, -0.1) is 11.3 Å². The molecule has 0 amide bonds. The third-order valence-electron chi connectivity index (χ3n) is 3.64. The number of likely N-dealkylation sites (tertiary alicyclic amines) is 1. The third-order valence-corrected chi connectivity index (χ3v) is 4.55. The Morgan fingerprint density at radius 2 is 2.22 bits per heavy atom. The highest BCUT2D eigenvalue weighted by Crippen LogP contribution is 2.17. The number of ketones is 1. The second-order valence-corrected chi connectivity index (χ2v) is 5.92. The summed E-state index contributed by atoms with van der Waals surface area (Å²) in [7, 11) is 0. The van der Waals surface area contributed by atoms with Gasteiger partial charge in [-0.1, -0.05) is 6.07 Å². The van der Waals surface area contributed by atoms with Gasteiger partial charge in [0.05, 0.1) is 4.88 Å². The Labute approximate surface area is 112 Å². The van der Waals surface area contributed by atoms with Gasteiger partial charge in [-0.2, -0.15) is 0 Å². The van der Waals surface area contributed by atoms with Crippen molar-refractivity contribution in [1.29, 1.82) is 0 Å². The zero-order chi connectivity index (χ0) is 12.8. The zero-order valence-corrected chi connectivity index (χ0v) is 11.5. The lowest BCUT2D eigenvalue weighted by atomic mass is 9.98. The molecular formula is C14H21NO2S. The topological polar surface area (TPSA) is 40.5 Å². The summed E-state index contributed by atoms with van der Waals surface area (Å²) in [5.41, 5.74) is 0. The summed E-state index contributed by atoms with van der Waals surface area (Å²) in [5, 5.41) is 11.0. The van der Waals surface area contributed by atoms with Crippen molar-refractivity contribution in [2.75, 3.05) is 26.2 Å². The summed E-state index contributed by atoms with van der Waals surface area (Å²) in [6.45, 7) is 3.47. The van der Waals surface area contributed by atoms with E-state index in [2.05, 4.69) is 4.90 Å². The first kappa shape index (κ1) is 13.7. The van der Waals surface area contributed by atoms with Crippen LogP contribution in [0.2, 0.25) is 0 Å². The molecule has 100 valence electrons. The monoisotopic (exact) mass is 267 g/mol. The third kappa shape index (κ3) is 3.90. The fraction of sp³-hybridized carbons (Fsp3) is 0.643. The Balaban J connectivity index is 1.63. The predicted octanol–water partition coefficient (Wildman–Crippen LogP) is 2.42. The van der Waals surface area contributed by atoms with Crippen molar-refractivity contribution in [2.45, 2.75) is 25.7 Å². The van der Waals surface area contributed by atoms with E-state index in [4.69, 9.17) is 5.11 Å². The minimum atomic E-state index is 0.273. The zero-order valence-electron chi connectivity index (χ0n) is 10.7. The first-order valence-electron chi connectivity index (χ1n) is 6.69. The number of carbonyl (C=O) groups excluding carboxylic acids is 1. The molecule has 18 heavy (non-hydrogen) atoms. The quantitative estimate of drug-likeness (QED) is 0.805. The molecule has 1 fully saturated rings. The number of aliphatic hydroxyl groups excluding tert-OH is 1. The molecule has 1 aliphatic rings. The van der Waals surface area contributed by atoms with Crippen LogP contribution in [0.1, 0.15) is 35.4 Å². The molecule has 1 aromatic rings. The van der Waals surface area contributed by atoms with E-state index in [1.165, 1.54) is 11.3 Å². The lowest BCUT2D eigenvalue weighted by molar-refractivity contribution is 0.0968. The summed E-state index contributed by atoms with van der Waals surface area (Å²) in [6, 6.07) is 3.83. The molecule has 0 aliphatic carbocycles. The molecule has 1 aromatic heterocycles. The lowest BCUT2D eigenvalue weighted by Crippen LogP contribution is -2.35. The van der Waals surface area contributed by atoms with Gasteiger partial charge in [-0.25, -0.2) is 0 Å². The smallest absolute Gasteiger partial charge is 0.172 e. The summed E-state index contributed by atoms with van der Waals surface area (Å²) in [4.78, 5) is 15.1. The summed E-state index contributed by atoms with van der Waals surface area (Å²) in [5.74, 6) is 0.768. The molecule has 0 saturated carbocycles. The van der Waals surface area contributed by atoms with Crippen LogP contribution in [-0.4, -0.2) is 42.0 Å². The number of aliphatic hydroxyl groups is 1. The highest BCUT2D eigenvalue weighted by molar-refractivity contribution is 7.12. The Morgan fingerprint density at radius 3 is 2.83 bits per heavy atom. The van der Waals surface area contributed by atoms with Crippen LogP contribution in [0.3, 0.4) is 0 Å². The van der Waals surface area contributed by atoms with Crippen LogP contribution in [0.5, 0.6) is 0 Å². The van der Waals surface area contributed by atoms with Crippen LogP contribution in [-0.2, 0) is 0 Å². The summed E-state index contributed by atoms with van der Waals surface area (Å²) < 4.78 is 0. The van der Waals surface area contributed by atoms with E-state index in [1.807, 2.05) is 17.5 Å². The number of nitrogens with zero attached hydrogens (tertiary/aromatic N) is 1. The van der Waals surface area contributed by atoms with Crippen LogP contribution in [0, 0.1) is 5.92 Å². The van der Waals surface area contributed by atoms with Crippen molar-refractivity contribution in [1.82, 2.24) is 4.90 Å². The van der Waals surface area contributed by atoms with Crippen LogP contribution in [0.25, 0.3) is 0 Å². The summed E-state index contributed by atoms with van der Waals surface area (Å²) >= 11 is 1.53. The average molecular weight is 267 g/mol. The van der Waals surface area contributed by atoms with Crippen molar-refractivity contribution >= 4 is 17.1 Å². The SMILES string of the molecule is O=C(CCCN1CCC(CO)CC1)c1cccs1. The maximum absolute atomic E-state index is 11.8. The second kappa shape index (κ2) is 7.02. The Kier molecular flexibility index (Phi) is 5.35. The van der Waals surface area contributed by atoms with E-state index in [-0.39, 0.29) is 5.78 Å². The van der Waals surface area contributed by atoms with Crippen molar-refractivity contribution < 1.29 is 9.90 Å². The van der Waals surface area contributed by atoms with Gasteiger partial charge >= 0.3 is 0 Å². The standard InChI is InChI=1S/C14H21NO2S/c16-11-12-5-8-15(9-6-12)7-1-3-13(17)14-4-2-10-18-14/h2,4,10,12,16H,1,3,5-9,11H2. The molecule has 0 radical (unpaired) electrons. The van der Waals surface area contributed by atoms with Gasteiger partial charge < -0.3 is 10.0 Å². The molecule has 1 N–H and O–H groups in total. The number of Topliss-reactive ketones (excluding diaryl/α,β-unsaturated/α-hetero) is 1. The lowest BCUT2D eigenvalue weighted by Gasteiger charge is -2.30. The van der Waals surface area contributed by atoms with Crippen molar-refractivity contribution in [3.8, 4) is 0 Å². The van der Waals surface area contributed by atoms with Crippen LogP contribution < -0.4 is 0 Å². The molecule has 2 heterocycles. The average Bonchev–Trinajstić information content (AvgIpc) is 2.93. The Morgan fingerprint density at radius 1 is 1.44 bits per heavy atom. The normalized spacial score (nSPS) is 18.1. The fourth-order valence-electron chi connectivity index (χ4n) is 2.42. The van der Waals surface area contributed by atoms with Gasteiger partial charge in [-0.3, -0.25) is 4.79 Å². The molecule has 1 aliphatic heterocycles. The van der Waals surface area contributed by atoms with Gasteiger partial charge in [0.2, 0.25) is 0 Å². The van der Waals surface area contributed by atoms with Gasteiger partial charge in [0, 0.05) is 13.0 Å². The molecule has 3 nitrogen and oxygen atoms in total. The molecule has 0 bridgehead atoms. The van der Waals surface area contributed by atoms with Gasteiger partial charge in [0.1, 0.15) is 0 Å². The highest BCUT2D eigenvalue weighted by Gasteiger charge is 2.18.